The average Bonchev–Trinajstić information content (AvgIpc) is 2.65. The third kappa shape index (κ3) is 2.31. The van der Waals surface area contributed by atoms with Gasteiger partial charge in [0, 0.05) is 18.5 Å². The molecule has 0 radical (unpaired) electrons. The molecule has 0 spiro atoms. The van der Waals surface area contributed by atoms with E-state index in [4.69, 9.17) is 5.11 Å². The van der Waals surface area contributed by atoms with Crippen molar-refractivity contribution in [3.63, 3.8) is 0 Å². The Morgan fingerprint density at radius 2 is 2.06 bits per heavy atom. The number of rotatable bonds is 2. The van der Waals surface area contributed by atoms with Gasteiger partial charge < -0.3 is 15.7 Å². The van der Waals surface area contributed by atoms with E-state index in [2.05, 4.69) is 10.6 Å². The maximum Gasteiger partial charge on any atom is 0.251 e. The summed E-state index contributed by atoms with van der Waals surface area (Å²) in [6, 6.07) is 5.83. The standard InChI is InChI=1S/C11H12N2O3/c14-9-3-1-7(2-4-9)11(16)13-8-5-10(15)12-6-8/h1-4,8,14H,5-6H2,(H,12,15)(H,13,16). The molecule has 0 saturated carbocycles. The Labute approximate surface area is 92.5 Å². The quantitative estimate of drug-likeness (QED) is 0.657. The van der Waals surface area contributed by atoms with Crippen LogP contribution in [-0.2, 0) is 4.79 Å². The van der Waals surface area contributed by atoms with Crippen molar-refractivity contribution in [2.45, 2.75) is 12.5 Å². The van der Waals surface area contributed by atoms with Gasteiger partial charge >= 0.3 is 0 Å². The maximum atomic E-state index is 11.7. The normalized spacial score (nSPS) is 19.2. The van der Waals surface area contributed by atoms with Gasteiger partial charge in [0.1, 0.15) is 5.75 Å². The van der Waals surface area contributed by atoms with Crippen LogP contribution < -0.4 is 10.6 Å². The summed E-state index contributed by atoms with van der Waals surface area (Å²) in [6.07, 6.45) is 0.323. The number of amides is 2. The first-order valence-electron chi connectivity index (χ1n) is 5.02. The van der Waals surface area contributed by atoms with Crippen LogP contribution in [0, 0.1) is 0 Å². The number of hydrogen-bond acceptors (Lipinski definition) is 3. The Morgan fingerprint density at radius 3 is 2.62 bits per heavy atom. The van der Waals surface area contributed by atoms with Gasteiger partial charge in [-0.3, -0.25) is 9.59 Å². The van der Waals surface area contributed by atoms with E-state index in [1.807, 2.05) is 0 Å². The van der Waals surface area contributed by atoms with Crippen molar-refractivity contribution >= 4 is 11.8 Å². The molecule has 3 N–H and O–H groups in total. The summed E-state index contributed by atoms with van der Waals surface area (Å²) in [4.78, 5) is 22.6. The summed E-state index contributed by atoms with van der Waals surface area (Å²) >= 11 is 0. The second-order valence-corrected chi connectivity index (χ2v) is 3.73. The molecule has 1 saturated heterocycles. The van der Waals surface area contributed by atoms with Gasteiger partial charge in [-0.05, 0) is 24.3 Å². The lowest BCUT2D eigenvalue weighted by molar-refractivity contribution is -0.119. The molecule has 5 nitrogen and oxygen atoms in total. The zero-order chi connectivity index (χ0) is 11.5. The minimum atomic E-state index is -0.235. The highest BCUT2D eigenvalue weighted by atomic mass is 16.3. The van der Waals surface area contributed by atoms with Gasteiger partial charge in [0.25, 0.3) is 5.91 Å². The molecule has 1 aliphatic heterocycles. The van der Waals surface area contributed by atoms with Crippen molar-refractivity contribution in [3.05, 3.63) is 29.8 Å². The second-order valence-electron chi connectivity index (χ2n) is 3.73. The SMILES string of the molecule is O=C1CC(NC(=O)c2ccc(O)cc2)CN1. The topological polar surface area (TPSA) is 78.4 Å². The Balaban J connectivity index is 1.98. The third-order valence-electron chi connectivity index (χ3n) is 2.44. The van der Waals surface area contributed by atoms with E-state index in [0.29, 0.717) is 18.5 Å². The van der Waals surface area contributed by atoms with Crippen molar-refractivity contribution in [1.82, 2.24) is 10.6 Å². The van der Waals surface area contributed by atoms with Gasteiger partial charge in [-0.1, -0.05) is 0 Å². The van der Waals surface area contributed by atoms with Gasteiger partial charge in [0.05, 0.1) is 6.04 Å². The lowest BCUT2D eigenvalue weighted by atomic mass is 10.2. The Hall–Kier alpha value is -2.04. The van der Waals surface area contributed by atoms with Crippen LogP contribution in [0.25, 0.3) is 0 Å². The van der Waals surface area contributed by atoms with Gasteiger partial charge in [-0.15, -0.1) is 0 Å². The first-order valence-corrected chi connectivity index (χ1v) is 5.02. The molecule has 5 heteroatoms. The molecule has 1 aliphatic rings. The maximum absolute atomic E-state index is 11.7. The predicted molar refractivity (Wildman–Crippen MR) is 57.0 cm³/mol. The van der Waals surface area contributed by atoms with Crippen molar-refractivity contribution < 1.29 is 14.7 Å². The first kappa shape index (κ1) is 10.5. The number of hydrogen-bond donors (Lipinski definition) is 3. The van der Waals surface area contributed by atoms with E-state index < -0.39 is 0 Å². The molecule has 1 heterocycles. The molecule has 1 fully saturated rings. The van der Waals surface area contributed by atoms with Crippen molar-refractivity contribution in [3.8, 4) is 5.75 Å². The minimum absolute atomic E-state index is 0.0454. The van der Waals surface area contributed by atoms with Crippen LogP contribution in [-0.4, -0.2) is 29.5 Å². The van der Waals surface area contributed by atoms with Crippen LogP contribution in [0.4, 0.5) is 0 Å². The average molecular weight is 220 g/mol. The molecule has 0 aromatic heterocycles. The zero-order valence-electron chi connectivity index (χ0n) is 8.56. The van der Waals surface area contributed by atoms with Crippen LogP contribution in [0.5, 0.6) is 5.75 Å². The molecule has 1 atom stereocenters. The second kappa shape index (κ2) is 4.22. The number of phenols is 1. The molecule has 2 rings (SSSR count). The predicted octanol–water partition coefficient (Wildman–Crippen LogP) is 0.0105. The Kier molecular flexibility index (Phi) is 2.76. The number of carbonyl (C=O) groups is 2. The molecule has 1 aromatic rings. The highest BCUT2D eigenvalue weighted by Crippen LogP contribution is 2.10. The summed E-state index contributed by atoms with van der Waals surface area (Å²) < 4.78 is 0. The summed E-state index contributed by atoms with van der Waals surface area (Å²) in [5.74, 6) is -0.160. The van der Waals surface area contributed by atoms with Crippen LogP contribution in [0.2, 0.25) is 0 Å². The highest BCUT2D eigenvalue weighted by Gasteiger charge is 2.23. The number of phenolic OH excluding ortho intramolecular Hbond substituents is 1. The Morgan fingerprint density at radius 1 is 1.38 bits per heavy atom. The fourth-order valence-corrected chi connectivity index (χ4v) is 1.59. The fraction of sp³-hybridized carbons (Fsp3) is 0.273. The van der Waals surface area contributed by atoms with E-state index in [1.54, 1.807) is 0 Å². The van der Waals surface area contributed by atoms with Crippen LogP contribution in [0.1, 0.15) is 16.8 Å². The highest BCUT2D eigenvalue weighted by molar-refractivity contribution is 5.95. The lowest BCUT2D eigenvalue weighted by Gasteiger charge is -2.10. The van der Waals surface area contributed by atoms with Crippen LogP contribution >= 0.6 is 0 Å². The van der Waals surface area contributed by atoms with Gasteiger partial charge in [0.2, 0.25) is 5.91 Å². The molecular weight excluding hydrogens is 208 g/mol. The summed E-state index contributed by atoms with van der Waals surface area (Å²) in [5, 5.41) is 14.5. The van der Waals surface area contributed by atoms with Crippen molar-refractivity contribution in [2.75, 3.05) is 6.54 Å². The number of carbonyl (C=O) groups excluding carboxylic acids is 2. The third-order valence-corrected chi connectivity index (χ3v) is 2.44. The molecule has 16 heavy (non-hydrogen) atoms. The van der Waals surface area contributed by atoms with Crippen molar-refractivity contribution in [1.29, 1.82) is 0 Å². The van der Waals surface area contributed by atoms with Crippen LogP contribution in [0.15, 0.2) is 24.3 Å². The smallest absolute Gasteiger partial charge is 0.251 e. The minimum Gasteiger partial charge on any atom is -0.508 e. The zero-order valence-corrected chi connectivity index (χ0v) is 8.56. The molecule has 1 unspecified atom stereocenters. The molecule has 2 amide bonds. The van der Waals surface area contributed by atoms with E-state index in [1.165, 1.54) is 24.3 Å². The van der Waals surface area contributed by atoms with Gasteiger partial charge in [-0.25, -0.2) is 0 Å². The van der Waals surface area contributed by atoms with E-state index >= 15 is 0 Å². The Bertz CT molecular complexity index is 414. The molecule has 84 valence electrons. The van der Waals surface area contributed by atoms with Gasteiger partial charge in [0.15, 0.2) is 0 Å². The van der Waals surface area contributed by atoms with E-state index in [0.717, 1.165) is 0 Å². The summed E-state index contributed by atoms with van der Waals surface area (Å²) in [6.45, 7) is 0.475. The summed E-state index contributed by atoms with van der Waals surface area (Å²) in [5.41, 5.74) is 0.470. The molecular formula is C11H12N2O3. The number of benzene rings is 1. The van der Waals surface area contributed by atoms with Crippen LogP contribution in [0.3, 0.4) is 0 Å². The number of aromatic hydroxyl groups is 1. The molecule has 0 bridgehead atoms. The van der Waals surface area contributed by atoms with Gasteiger partial charge in [-0.2, -0.15) is 0 Å². The molecule has 1 aromatic carbocycles. The lowest BCUT2D eigenvalue weighted by Crippen LogP contribution is -2.36. The monoisotopic (exact) mass is 220 g/mol. The first-order chi connectivity index (χ1) is 7.65. The summed E-state index contributed by atoms with van der Waals surface area (Å²) in [7, 11) is 0. The molecule has 0 aliphatic carbocycles. The largest absolute Gasteiger partial charge is 0.508 e. The number of nitrogens with one attached hydrogen (secondary N) is 2. The fourth-order valence-electron chi connectivity index (χ4n) is 1.59. The van der Waals surface area contributed by atoms with Crippen molar-refractivity contribution in [2.24, 2.45) is 0 Å². The van der Waals surface area contributed by atoms with E-state index in [-0.39, 0.29) is 23.6 Å². The van der Waals surface area contributed by atoms with E-state index in [9.17, 15) is 9.59 Å².